The molecule has 1 aliphatic carbocycles. The molecule has 0 atom stereocenters. The molecule has 1 heterocycles. The maximum Gasteiger partial charge on any atom is 0.352 e. The van der Waals surface area contributed by atoms with Gasteiger partial charge in [-0.05, 0) is 39.2 Å². The Balaban J connectivity index is 2.37. The van der Waals surface area contributed by atoms with Crippen molar-refractivity contribution < 1.29 is 18.3 Å². The second-order valence-electron chi connectivity index (χ2n) is 5.85. The molecule has 1 fully saturated rings. The first-order valence-corrected chi connectivity index (χ1v) is 8.14. The lowest BCUT2D eigenvalue weighted by atomic mass is 10.0. The molecule has 2 N–H and O–H groups in total. The highest BCUT2D eigenvalue weighted by Crippen LogP contribution is 2.37. The van der Waals surface area contributed by atoms with Crippen LogP contribution in [0.2, 0.25) is 0 Å². The first kappa shape index (κ1) is 15.1. The number of nitrogens with one attached hydrogen (secondary N) is 1. The third-order valence-electron chi connectivity index (χ3n) is 3.59. The Morgan fingerprint density at radius 2 is 2.10 bits per heavy atom. The van der Waals surface area contributed by atoms with Crippen LogP contribution in [-0.2, 0) is 10.0 Å². The molecule has 6 nitrogen and oxygen atoms in total. The van der Waals surface area contributed by atoms with Crippen molar-refractivity contribution in [1.29, 1.82) is 0 Å². The molecule has 0 spiro atoms. The highest BCUT2D eigenvalue weighted by molar-refractivity contribution is 7.89. The van der Waals surface area contributed by atoms with Gasteiger partial charge in [0.15, 0.2) is 0 Å². The number of nitrogens with zero attached hydrogens (tertiary/aromatic N) is 1. The lowest BCUT2D eigenvalue weighted by molar-refractivity contribution is 0.0685. The Labute approximate surface area is 118 Å². The molecule has 0 aromatic carbocycles. The van der Waals surface area contributed by atoms with Gasteiger partial charge in [0.25, 0.3) is 0 Å². The fourth-order valence-electron chi connectivity index (χ4n) is 1.92. The zero-order valence-electron chi connectivity index (χ0n) is 11.9. The molecular weight excluding hydrogens is 280 g/mol. The van der Waals surface area contributed by atoms with E-state index in [0.29, 0.717) is 6.42 Å². The average Bonchev–Trinajstić information content (AvgIpc) is 3.05. The van der Waals surface area contributed by atoms with Gasteiger partial charge in [-0.15, -0.1) is 0 Å². The van der Waals surface area contributed by atoms with Crippen molar-refractivity contribution >= 4 is 16.0 Å². The normalized spacial score (nSPS) is 16.4. The summed E-state index contributed by atoms with van der Waals surface area (Å²) in [6, 6.07) is 1.35. The first-order chi connectivity index (χ1) is 9.16. The third kappa shape index (κ3) is 3.04. The molecule has 0 amide bonds. The van der Waals surface area contributed by atoms with E-state index in [1.807, 2.05) is 6.92 Å². The highest BCUT2D eigenvalue weighted by atomic mass is 32.2. The number of aromatic carboxylic acids is 1. The van der Waals surface area contributed by atoms with Gasteiger partial charge in [-0.1, -0.05) is 6.92 Å². The molecular formula is C13H20N2O4S. The predicted octanol–water partition coefficient (Wildman–Crippen LogP) is 1.99. The van der Waals surface area contributed by atoms with Gasteiger partial charge in [0.2, 0.25) is 10.0 Å². The zero-order valence-corrected chi connectivity index (χ0v) is 12.7. The van der Waals surface area contributed by atoms with Crippen LogP contribution in [0.25, 0.3) is 0 Å². The van der Waals surface area contributed by atoms with E-state index in [9.17, 15) is 13.2 Å². The largest absolute Gasteiger partial charge is 0.477 e. The number of carboxylic acids is 1. The van der Waals surface area contributed by atoms with Crippen molar-refractivity contribution in [2.24, 2.45) is 0 Å². The van der Waals surface area contributed by atoms with Crippen LogP contribution in [-0.4, -0.2) is 29.6 Å². The van der Waals surface area contributed by atoms with Crippen LogP contribution in [0.15, 0.2) is 17.2 Å². The number of carbonyl (C=O) groups is 1. The smallest absolute Gasteiger partial charge is 0.352 e. The van der Waals surface area contributed by atoms with Crippen LogP contribution in [0.3, 0.4) is 0 Å². The fraction of sp³-hybridized carbons (Fsp3) is 0.615. The topological polar surface area (TPSA) is 88.4 Å². The van der Waals surface area contributed by atoms with Crippen molar-refractivity contribution in [2.45, 2.75) is 56.5 Å². The van der Waals surface area contributed by atoms with Gasteiger partial charge in [0, 0.05) is 17.8 Å². The van der Waals surface area contributed by atoms with E-state index in [0.717, 1.165) is 12.8 Å². The summed E-state index contributed by atoms with van der Waals surface area (Å²) in [5.74, 6) is -1.10. The van der Waals surface area contributed by atoms with E-state index in [1.54, 1.807) is 18.4 Å². The molecule has 0 saturated heterocycles. The highest BCUT2D eigenvalue weighted by Gasteiger charge is 2.32. The summed E-state index contributed by atoms with van der Waals surface area (Å²) in [4.78, 5) is 11.2. The number of sulfonamides is 1. The van der Waals surface area contributed by atoms with Crippen LogP contribution >= 0.6 is 0 Å². The van der Waals surface area contributed by atoms with Crippen LogP contribution < -0.4 is 4.72 Å². The van der Waals surface area contributed by atoms with E-state index < -0.39 is 21.5 Å². The van der Waals surface area contributed by atoms with Crippen molar-refractivity contribution in [1.82, 2.24) is 9.29 Å². The summed E-state index contributed by atoms with van der Waals surface area (Å²) in [6.45, 7) is 5.47. The molecule has 0 bridgehead atoms. The Morgan fingerprint density at radius 1 is 1.50 bits per heavy atom. The van der Waals surface area contributed by atoms with Gasteiger partial charge in [-0.3, -0.25) is 0 Å². The van der Waals surface area contributed by atoms with E-state index in [4.69, 9.17) is 5.11 Å². The Kier molecular flexibility index (Phi) is 3.68. The van der Waals surface area contributed by atoms with Gasteiger partial charge < -0.3 is 9.67 Å². The van der Waals surface area contributed by atoms with Gasteiger partial charge in [0.05, 0.1) is 0 Å². The van der Waals surface area contributed by atoms with Crippen molar-refractivity contribution in [3.05, 3.63) is 18.0 Å². The molecule has 20 heavy (non-hydrogen) atoms. The number of aromatic nitrogens is 1. The van der Waals surface area contributed by atoms with Gasteiger partial charge in [-0.25, -0.2) is 17.9 Å². The summed E-state index contributed by atoms with van der Waals surface area (Å²) in [7, 11) is -3.71. The van der Waals surface area contributed by atoms with Crippen LogP contribution in [0.4, 0.5) is 0 Å². The molecule has 0 aliphatic heterocycles. The molecule has 0 radical (unpaired) electrons. The SMILES string of the molecule is CCC(C)(C)NS(=O)(=O)c1cc(C(=O)O)n(C2CC2)c1. The maximum atomic E-state index is 12.3. The summed E-state index contributed by atoms with van der Waals surface area (Å²) in [6.07, 6.45) is 3.85. The number of carboxylic acid groups (broad SMARTS) is 1. The summed E-state index contributed by atoms with van der Waals surface area (Å²) in [5, 5.41) is 9.16. The summed E-state index contributed by atoms with van der Waals surface area (Å²) >= 11 is 0. The van der Waals surface area contributed by atoms with E-state index in [1.165, 1.54) is 12.3 Å². The quantitative estimate of drug-likeness (QED) is 0.841. The second-order valence-corrected chi connectivity index (χ2v) is 7.53. The summed E-state index contributed by atoms with van der Waals surface area (Å²) in [5.41, 5.74) is -0.536. The minimum absolute atomic E-state index is 0.0170. The first-order valence-electron chi connectivity index (χ1n) is 6.65. The van der Waals surface area contributed by atoms with Crippen molar-refractivity contribution in [2.75, 3.05) is 0 Å². The molecule has 2 rings (SSSR count). The van der Waals surface area contributed by atoms with Crippen LogP contribution in [0.1, 0.15) is 56.6 Å². The monoisotopic (exact) mass is 300 g/mol. The van der Waals surface area contributed by atoms with Gasteiger partial charge in [-0.2, -0.15) is 0 Å². The van der Waals surface area contributed by atoms with Crippen molar-refractivity contribution in [3.8, 4) is 0 Å². The molecule has 1 aromatic rings. The maximum absolute atomic E-state index is 12.3. The van der Waals surface area contributed by atoms with Crippen molar-refractivity contribution in [3.63, 3.8) is 0 Å². The molecule has 1 aliphatic rings. The number of rotatable bonds is 6. The lowest BCUT2D eigenvalue weighted by Crippen LogP contribution is -2.42. The molecule has 7 heteroatoms. The minimum atomic E-state index is -3.71. The lowest BCUT2D eigenvalue weighted by Gasteiger charge is -2.23. The summed E-state index contributed by atoms with van der Waals surface area (Å²) < 4.78 is 28.8. The Hall–Kier alpha value is -1.34. The van der Waals surface area contributed by atoms with E-state index in [2.05, 4.69) is 4.72 Å². The second kappa shape index (κ2) is 4.89. The third-order valence-corrected chi connectivity index (χ3v) is 5.25. The molecule has 1 aromatic heterocycles. The van der Waals surface area contributed by atoms with Gasteiger partial charge in [0.1, 0.15) is 10.6 Å². The Bertz CT molecular complexity index is 627. The van der Waals surface area contributed by atoms with E-state index >= 15 is 0 Å². The van der Waals surface area contributed by atoms with Gasteiger partial charge >= 0.3 is 5.97 Å². The average molecular weight is 300 g/mol. The molecule has 1 saturated carbocycles. The predicted molar refractivity (Wildman–Crippen MR) is 74.4 cm³/mol. The van der Waals surface area contributed by atoms with E-state index in [-0.39, 0.29) is 16.6 Å². The fourth-order valence-corrected chi connectivity index (χ4v) is 3.43. The van der Waals surface area contributed by atoms with Crippen LogP contribution in [0, 0.1) is 0 Å². The van der Waals surface area contributed by atoms with Crippen LogP contribution in [0.5, 0.6) is 0 Å². The number of hydrogen-bond donors (Lipinski definition) is 2. The standard InChI is InChI=1S/C13H20N2O4S/c1-4-13(2,3)14-20(18,19)10-7-11(12(16)17)15(8-10)9-5-6-9/h7-9,14H,4-6H2,1-3H3,(H,16,17). The Morgan fingerprint density at radius 3 is 2.55 bits per heavy atom. The minimum Gasteiger partial charge on any atom is -0.477 e. The zero-order chi connectivity index (χ0) is 15.1. The molecule has 0 unspecified atom stereocenters. The number of hydrogen-bond acceptors (Lipinski definition) is 3. The molecule has 112 valence electrons.